The Morgan fingerprint density at radius 1 is 1.07 bits per heavy atom. The van der Waals surface area contributed by atoms with Gasteiger partial charge in [-0.25, -0.2) is 0 Å². The third-order valence-corrected chi connectivity index (χ3v) is 6.84. The topological polar surface area (TPSA) is 58.2 Å². The molecule has 0 spiro atoms. The normalized spacial score (nSPS) is 15.4. The Bertz CT molecular complexity index is 1110. The van der Waals surface area contributed by atoms with Crippen LogP contribution in [0.1, 0.15) is 50.1 Å². The van der Waals surface area contributed by atoms with Gasteiger partial charge in [0, 0.05) is 21.2 Å². The number of amides is 2. The van der Waals surface area contributed by atoms with Crippen molar-refractivity contribution in [3.8, 4) is 0 Å². The molecule has 1 atom stereocenters. The van der Waals surface area contributed by atoms with Gasteiger partial charge in [-0.05, 0) is 73.6 Å². The highest BCUT2D eigenvalue weighted by Crippen LogP contribution is 2.40. The maximum absolute atomic E-state index is 13.3. The molecule has 1 heterocycles. The highest BCUT2D eigenvalue weighted by Gasteiger charge is 2.28. The molecule has 0 fully saturated rings. The van der Waals surface area contributed by atoms with Crippen LogP contribution in [0.15, 0.2) is 48.5 Å². The number of carbonyl (C=O) groups excluding carboxylic acids is 2. The number of nitrogens with one attached hydrogen (secondary N) is 2. The fourth-order valence-corrected chi connectivity index (χ4v) is 5.43. The zero-order chi connectivity index (χ0) is 21.3. The minimum Gasteiger partial charge on any atom is -0.322 e. The van der Waals surface area contributed by atoms with Crippen LogP contribution in [0.4, 0.5) is 10.7 Å². The van der Waals surface area contributed by atoms with Gasteiger partial charge in [-0.2, -0.15) is 0 Å². The van der Waals surface area contributed by atoms with Crippen LogP contribution in [0, 0.1) is 12.8 Å². The molecule has 6 heteroatoms. The first-order valence-corrected chi connectivity index (χ1v) is 11.2. The molecule has 2 amide bonds. The molecule has 4 nitrogen and oxygen atoms in total. The molecular formula is C24H23ClN2O2S. The zero-order valence-corrected chi connectivity index (χ0v) is 18.5. The van der Waals surface area contributed by atoms with Crippen molar-refractivity contribution >= 4 is 45.4 Å². The van der Waals surface area contributed by atoms with Gasteiger partial charge < -0.3 is 10.6 Å². The van der Waals surface area contributed by atoms with Gasteiger partial charge in [0.05, 0.1) is 5.56 Å². The van der Waals surface area contributed by atoms with E-state index >= 15 is 0 Å². The number of halogens is 1. The summed E-state index contributed by atoms with van der Waals surface area (Å²) in [6.07, 6.45) is 2.81. The molecule has 0 saturated heterocycles. The fraction of sp³-hybridized carbons (Fsp3) is 0.250. The van der Waals surface area contributed by atoms with Crippen LogP contribution < -0.4 is 10.6 Å². The van der Waals surface area contributed by atoms with E-state index in [2.05, 4.69) is 17.6 Å². The van der Waals surface area contributed by atoms with E-state index in [4.69, 9.17) is 11.6 Å². The lowest BCUT2D eigenvalue weighted by Gasteiger charge is -2.19. The van der Waals surface area contributed by atoms with Gasteiger partial charge in [0.25, 0.3) is 11.8 Å². The van der Waals surface area contributed by atoms with Crippen molar-refractivity contribution in [2.75, 3.05) is 10.6 Å². The molecule has 3 aromatic rings. The van der Waals surface area contributed by atoms with E-state index in [1.807, 2.05) is 31.2 Å². The van der Waals surface area contributed by atoms with Crippen molar-refractivity contribution in [1.82, 2.24) is 0 Å². The third-order valence-electron chi connectivity index (χ3n) is 5.44. The van der Waals surface area contributed by atoms with Crippen LogP contribution in [0.3, 0.4) is 0 Å². The first-order chi connectivity index (χ1) is 14.4. The third kappa shape index (κ3) is 4.27. The van der Waals surface area contributed by atoms with Crippen molar-refractivity contribution in [3.05, 3.63) is 80.7 Å². The van der Waals surface area contributed by atoms with Gasteiger partial charge in [0.15, 0.2) is 0 Å². The van der Waals surface area contributed by atoms with E-state index in [1.54, 1.807) is 24.3 Å². The van der Waals surface area contributed by atoms with Crippen LogP contribution in [-0.4, -0.2) is 11.8 Å². The second kappa shape index (κ2) is 8.62. The van der Waals surface area contributed by atoms with Crippen molar-refractivity contribution in [2.45, 2.75) is 33.1 Å². The first-order valence-electron chi connectivity index (χ1n) is 10.0. The highest BCUT2D eigenvalue weighted by atomic mass is 35.5. The molecule has 0 saturated carbocycles. The van der Waals surface area contributed by atoms with Crippen molar-refractivity contribution in [1.29, 1.82) is 0 Å². The Hall–Kier alpha value is -2.63. The van der Waals surface area contributed by atoms with Crippen LogP contribution in [0.25, 0.3) is 0 Å². The number of carbonyl (C=O) groups is 2. The van der Waals surface area contributed by atoms with Crippen molar-refractivity contribution < 1.29 is 9.59 Å². The molecule has 2 aromatic carbocycles. The summed E-state index contributed by atoms with van der Waals surface area (Å²) in [7, 11) is 0. The first kappa shape index (κ1) is 20.6. The minimum absolute atomic E-state index is 0.198. The maximum atomic E-state index is 13.3. The molecule has 1 aliphatic carbocycles. The van der Waals surface area contributed by atoms with Gasteiger partial charge in [0.2, 0.25) is 0 Å². The predicted molar refractivity (Wildman–Crippen MR) is 124 cm³/mol. The second-order valence-corrected chi connectivity index (χ2v) is 9.33. The van der Waals surface area contributed by atoms with E-state index < -0.39 is 0 Å². The molecule has 30 heavy (non-hydrogen) atoms. The molecule has 4 rings (SSSR count). The second-order valence-electron chi connectivity index (χ2n) is 7.79. The maximum Gasteiger partial charge on any atom is 0.258 e. The van der Waals surface area contributed by atoms with Gasteiger partial charge in [-0.15, -0.1) is 11.3 Å². The number of rotatable bonds is 4. The van der Waals surface area contributed by atoms with Crippen LogP contribution in [-0.2, 0) is 12.8 Å². The summed E-state index contributed by atoms with van der Waals surface area (Å²) in [4.78, 5) is 27.3. The van der Waals surface area contributed by atoms with E-state index in [1.165, 1.54) is 16.2 Å². The highest BCUT2D eigenvalue weighted by molar-refractivity contribution is 7.17. The Kier molecular flexibility index (Phi) is 5.93. The average molecular weight is 439 g/mol. The lowest BCUT2D eigenvalue weighted by Crippen LogP contribution is -2.19. The Labute approximate surface area is 185 Å². The number of anilines is 2. The number of aryl methyl sites for hydroxylation is 1. The van der Waals surface area contributed by atoms with Crippen molar-refractivity contribution in [3.63, 3.8) is 0 Å². The zero-order valence-electron chi connectivity index (χ0n) is 16.9. The SMILES string of the molecule is Cc1cc(Cl)ccc1NC(=O)c1c(NC(=O)c2ccccc2)sc2c1CCC(C)C2. The summed E-state index contributed by atoms with van der Waals surface area (Å²) in [6, 6.07) is 14.4. The lowest BCUT2D eigenvalue weighted by atomic mass is 9.88. The number of fused-ring (bicyclic) bond motifs is 1. The number of hydrogen-bond donors (Lipinski definition) is 2. The molecule has 1 unspecified atom stereocenters. The van der Waals surface area contributed by atoms with Crippen LogP contribution >= 0.6 is 22.9 Å². The molecule has 0 aliphatic heterocycles. The molecule has 154 valence electrons. The van der Waals surface area contributed by atoms with Gasteiger partial charge in [-0.3, -0.25) is 9.59 Å². The number of thiophene rings is 1. The molecule has 1 aliphatic rings. The molecule has 0 radical (unpaired) electrons. The smallest absolute Gasteiger partial charge is 0.258 e. The monoisotopic (exact) mass is 438 g/mol. The van der Waals surface area contributed by atoms with Crippen LogP contribution in [0.5, 0.6) is 0 Å². The Morgan fingerprint density at radius 3 is 2.57 bits per heavy atom. The average Bonchev–Trinajstić information content (AvgIpc) is 3.07. The van der Waals surface area contributed by atoms with Gasteiger partial charge >= 0.3 is 0 Å². The molecule has 0 bridgehead atoms. The van der Waals surface area contributed by atoms with Crippen LogP contribution in [0.2, 0.25) is 5.02 Å². The Morgan fingerprint density at radius 2 is 1.83 bits per heavy atom. The standard InChI is InChI=1S/C24H23ClN2O2S/c1-14-8-10-18-20(12-14)30-24(27-22(28)16-6-4-3-5-7-16)21(18)23(29)26-19-11-9-17(25)13-15(19)2/h3-7,9,11,13-14H,8,10,12H2,1-2H3,(H,26,29)(H,27,28). The quantitative estimate of drug-likeness (QED) is 0.499. The fourth-order valence-electron chi connectivity index (χ4n) is 3.80. The Balaban J connectivity index is 1.68. The van der Waals surface area contributed by atoms with Crippen molar-refractivity contribution in [2.24, 2.45) is 5.92 Å². The largest absolute Gasteiger partial charge is 0.322 e. The summed E-state index contributed by atoms with van der Waals surface area (Å²) in [5.41, 5.74) is 3.82. The predicted octanol–water partition coefficient (Wildman–Crippen LogP) is 6.34. The summed E-state index contributed by atoms with van der Waals surface area (Å²) in [5, 5.41) is 7.24. The number of benzene rings is 2. The van der Waals surface area contributed by atoms with Gasteiger partial charge in [0.1, 0.15) is 5.00 Å². The molecule has 2 N–H and O–H groups in total. The molecular weight excluding hydrogens is 416 g/mol. The number of hydrogen-bond acceptors (Lipinski definition) is 3. The molecule has 1 aromatic heterocycles. The minimum atomic E-state index is -0.209. The van der Waals surface area contributed by atoms with E-state index in [0.717, 1.165) is 30.4 Å². The summed E-state index contributed by atoms with van der Waals surface area (Å²) >= 11 is 7.56. The summed E-state index contributed by atoms with van der Waals surface area (Å²) in [5.74, 6) is 0.165. The lowest BCUT2D eigenvalue weighted by molar-refractivity contribution is 0.102. The van der Waals surface area contributed by atoms with Gasteiger partial charge in [-0.1, -0.05) is 36.7 Å². The van der Waals surface area contributed by atoms with E-state index in [0.29, 0.717) is 32.8 Å². The van der Waals surface area contributed by atoms with E-state index in [9.17, 15) is 9.59 Å². The van der Waals surface area contributed by atoms with E-state index in [-0.39, 0.29) is 11.8 Å². The summed E-state index contributed by atoms with van der Waals surface area (Å²) in [6.45, 7) is 4.13. The summed E-state index contributed by atoms with van der Waals surface area (Å²) < 4.78 is 0.